The molecule has 0 aromatic carbocycles. The molecule has 0 radical (unpaired) electrons. The van der Waals surface area contributed by atoms with Crippen molar-refractivity contribution >= 4 is 10.0 Å². The Hall–Kier alpha value is -0.170. The highest BCUT2D eigenvalue weighted by Crippen LogP contribution is 2.32. The number of hydrogen-bond donors (Lipinski definition) is 1. The van der Waals surface area contributed by atoms with Gasteiger partial charge in [0.25, 0.3) is 0 Å². The quantitative estimate of drug-likeness (QED) is 0.761. The van der Waals surface area contributed by atoms with Gasteiger partial charge in [-0.15, -0.1) is 0 Å². The molecule has 18 heavy (non-hydrogen) atoms. The molecule has 1 unspecified atom stereocenters. The second-order valence-electron chi connectivity index (χ2n) is 5.33. The lowest BCUT2D eigenvalue weighted by Crippen LogP contribution is -2.42. The van der Waals surface area contributed by atoms with Crippen LogP contribution in [0.25, 0.3) is 0 Å². The lowest BCUT2D eigenvalue weighted by atomic mass is 9.83. The minimum absolute atomic E-state index is 0.0117. The Morgan fingerprint density at radius 1 is 1.39 bits per heavy atom. The summed E-state index contributed by atoms with van der Waals surface area (Å²) >= 11 is 0. The van der Waals surface area contributed by atoms with Crippen LogP contribution in [0.4, 0.5) is 0 Å². The van der Waals surface area contributed by atoms with E-state index in [9.17, 15) is 8.42 Å². The number of hydrogen-bond acceptors (Lipinski definition) is 4. The van der Waals surface area contributed by atoms with Crippen molar-refractivity contribution in [2.24, 2.45) is 10.6 Å². The summed E-state index contributed by atoms with van der Waals surface area (Å²) in [6.07, 6.45) is 3.61. The standard InChI is InChI=1S/C12H25NO4S/c1-3-4-11(2)17-9-12(10-18(13,14)15)5-7-16-8-6-12/h11H,3-10H2,1-2H3,(H2,13,14,15). The third kappa shape index (κ3) is 5.65. The first-order chi connectivity index (χ1) is 8.37. The third-order valence-corrected chi connectivity index (χ3v) is 4.44. The number of rotatable bonds is 7. The molecule has 0 aromatic heterocycles. The summed E-state index contributed by atoms with van der Waals surface area (Å²) in [5.41, 5.74) is -0.367. The molecule has 0 aromatic rings. The summed E-state index contributed by atoms with van der Waals surface area (Å²) in [5.74, 6) is -0.0117. The first kappa shape index (κ1) is 15.9. The Kier molecular flexibility index (Phi) is 6.04. The van der Waals surface area contributed by atoms with E-state index in [2.05, 4.69) is 6.92 Å². The van der Waals surface area contributed by atoms with Crippen molar-refractivity contribution in [2.75, 3.05) is 25.6 Å². The van der Waals surface area contributed by atoms with E-state index in [1.165, 1.54) is 0 Å². The maximum Gasteiger partial charge on any atom is 0.209 e. The average molecular weight is 279 g/mol. The monoisotopic (exact) mass is 279 g/mol. The number of nitrogens with two attached hydrogens (primary N) is 1. The van der Waals surface area contributed by atoms with Gasteiger partial charge in [-0.2, -0.15) is 0 Å². The Bertz CT molecular complexity index is 336. The van der Waals surface area contributed by atoms with E-state index in [1.807, 2.05) is 6.92 Å². The van der Waals surface area contributed by atoms with E-state index in [0.717, 1.165) is 12.8 Å². The van der Waals surface area contributed by atoms with Gasteiger partial charge in [0.2, 0.25) is 10.0 Å². The number of primary sulfonamides is 1. The van der Waals surface area contributed by atoms with E-state index in [-0.39, 0.29) is 17.3 Å². The fourth-order valence-corrected chi connectivity index (χ4v) is 3.60. The van der Waals surface area contributed by atoms with E-state index in [4.69, 9.17) is 14.6 Å². The summed E-state index contributed by atoms with van der Waals surface area (Å²) < 4.78 is 33.8. The molecule has 1 aliphatic heterocycles. The molecule has 0 amide bonds. The van der Waals surface area contributed by atoms with Crippen molar-refractivity contribution in [3.63, 3.8) is 0 Å². The van der Waals surface area contributed by atoms with Crippen LogP contribution in [-0.4, -0.2) is 40.1 Å². The Morgan fingerprint density at radius 2 is 2.00 bits per heavy atom. The highest BCUT2D eigenvalue weighted by molar-refractivity contribution is 7.89. The van der Waals surface area contributed by atoms with Gasteiger partial charge in [0.05, 0.1) is 18.5 Å². The van der Waals surface area contributed by atoms with E-state index in [1.54, 1.807) is 0 Å². The fraction of sp³-hybridized carbons (Fsp3) is 1.00. The smallest absolute Gasteiger partial charge is 0.209 e. The summed E-state index contributed by atoms with van der Waals surface area (Å²) in [6, 6.07) is 0. The molecule has 1 aliphatic rings. The summed E-state index contributed by atoms with van der Waals surface area (Å²) in [6.45, 7) is 5.75. The van der Waals surface area contributed by atoms with E-state index >= 15 is 0 Å². The van der Waals surface area contributed by atoms with Gasteiger partial charge in [-0.3, -0.25) is 0 Å². The van der Waals surface area contributed by atoms with E-state index < -0.39 is 10.0 Å². The van der Waals surface area contributed by atoms with Gasteiger partial charge < -0.3 is 9.47 Å². The molecule has 2 N–H and O–H groups in total. The molecule has 5 nitrogen and oxygen atoms in total. The molecule has 0 bridgehead atoms. The van der Waals surface area contributed by atoms with Crippen molar-refractivity contribution in [1.82, 2.24) is 0 Å². The Morgan fingerprint density at radius 3 is 2.50 bits per heavy atom. The van der Waals surface area contributed by atoms with Gasteiger partial charge in [0.15, 0.2) is 0 Å². The van der Waals surface area contributed by atoms with Gasteiger partial charge in [-0.1, -0.05) is 13.3 Å². The van der Waals surface area contributed by atoms with Crippen molar-refractivity contribution in [3.05, 3.63) is 0 Å². The molecular formula is C12H25NO4S. The maximum absolute atomic E-state index is 11.4. The SMILES string of the molecule is CCCC(C)OCC1(CS(N)(=O)=O)CCOCC1. The first-order valence-electron chi connectivity index (χ1n) is 6.57. The zero-order valence-electron chi connectivity index (χ0n) is 11.4. The predicted octanol–water partition coefficient (Wildman–Crippen LogP) is 1.28. The highest BCUT2D eigenvalue weighted by Gasteiger charge is 2.37. The Balaban J connectivity index is 2.60. The average Bonchev–Trinajstić information content (AvgIpc) is 2.26. The molecule has 1 heterocycles. The van der Waals surface area contributed by atoms with Crippen LogP contribution in [0.5, 0.6) is 0 Å². The minimum Gasteiger partial charge on any atom is -0.381 e. The maximum atomic E-state index is 11.4. The lowest BCUT2D eigenvalue weighted by molar-refractivity contribution is -0.0503. The van der Waals surface area contributed by atoms with Crippen LogP contribution < -0.4 is 5.14 Å². The molecule has 1 fully saturated rings. The van der Waals surface area contributed by atoms with Crippen LogP contribution in [0.3, 0.4) is 0 Å². The van der Waals surface area contributed by atoms with Crippen LogP contribution in [0.2, 0.25) is 0 Å². The Labute approximate surface area is 110 Å². The lowest BCUT2D eigenvalue weighted by Gasteiger charge is -2.36. The molecular weight excluding hydrogens is 254 g/mol. The van der Waals surface area contributed by atoms with Crippen LogP contribution in [0.1, 0.15) is 39.5 Å². The minimum atomic E-state index is -3.48. The van der Waals surface area contributed by atoms with Gasteiger partial charge in [-0.25, -0.2) is 13.6 Å². The molecule has 1 rings (SSSR count). The second-order valence-corrected chi connectivity index (χ2v) is 6.94. The first-order valence-corrected chi connectivity index (χ1v) is 8.28. The third-order valence-electron chi connectivity index (χ3n) is 3.43. The second kappa shape index (κ2) is 6.84. The van der Waals surface area contributed by atoms with Gasteiger partial charge in [0, 0.05) is 18.6 Å². The summed E-state index contributed by atoms with van der Waals surface area (Å²) in [5, 5.41) is 5.19. The zero-order chi connectivity index (χ0) is 13.6. The topological polar surface area (TPSA) is 78.6 Å². The molecule has 1 atom stereocenters. The predicted molar refractivity (Wildman–Crippen MR) is 70.8 cm³/mol. The molecule has 0 spiro atoms. The van der Waals surface area contributed by atoms with Crippen LogP contribution >= 0.6 is 0 Å². The normalized spacial score (nSPS) is 21.7. The molecule has 1 saturated heterocycles. The highest BCUT2D eigenvalue weighted by atomic mass is 32.2. The van der Waals surface area contributed by atoms with Crippen LogP contribution in [-0.2, 0) is 19.5 Å². The largest absolute Gasteiger partial charge is 0.381 e. The molecule has 6 heteroatoms. The summed E-state index contributed by atoms with van der Waals surface area (Å²) in [7, 11) is -3.48. The van der Waals surface area contributed by atoms with Crippen LogP contribution in [0, 0.1) is 5.41 Å². The van der Waals surface area contributed by atoms with E-state index in [0.29, 0.717) is 32.7 Å². The van der Waals surface area contributed by atoms with Crippen molar-refractivity contribution in [1.29, 1.82) is 0 Å². The summed E-state index contributed by atoms with van der Waals surface area (Å²) in [4.78, 5) is 0. The van der Waals surface area contributed by atoms with Crippen molar-refractivity contribution in [3.8, 4) is 0 Å². The zero-order valence-corrected chi connectivity index (χ0v) is 12.2. The number of ether oxygens (including phenoxy) is 2. The molecule has 0 aliphatic carbocycles. The van der Waals surface area contributed by atoms with Crippen molar-refractivity contribution < 1.29 is 17.9 Å². The van der Waals surface area contributed by atoms with Gasteiger partial charge >= 0.3 is 0 Å². The van der Waals surface area contributed by atoms with Crippen molar-refractivity contribution in [2.45, 2.75) is 45.6 Å². The number of sulfonamides is 1. The fourth-order valence-electron chi connectivity index (χ4n) is 2.37. The van der Waals surface area contributed by atoms with Gasteiger partial charge in [0.1, 0.15) is 0 Å². The molecule has 0 saturated carbocycles. The van der Waals surface area contributed by atoms with Crippen LogP contribution in [0.15, 0.2) is 0 Å². The molecule has 108 valence electrons. The van der Waals surface area contributed by atoms with Gasteiger partial charge in [-0.05, 0) is 26.2 Å².